The molecule has 26 heavy (non-hydrogen) atoms. The normalized spacial score (nSPS) is 11.3. The second-order valence-electron chi connectivity index (χ2n) is 5.39. The first-order valence-electron chi connectivity index (χ1n) is 8.00. The number of carbonyl (C=O) groups is 3. The fraction of sp³-hybridized carbons (Fsp3) is 0.211. The predicted molar refractivity (Wildman–Crippen MR) is 101 cm³/mol. The number of hydrogen-bond donors (Lipinski definition) is 2. The molecule has 2 aromatic rings. The Balaban J connectivity index is 1.78. The second-order valence-corrected chi connectivity index (χ2v) is 6.80. The standard InChI is InChI=1S/C19H20N2O4S/c1-13(26-16-6-4-3-5-7-16)19(24)25-12-17(22)21-15-10-8-14(9-11-15)18(23)20-2/h3-11,13H,12H2,1-2H3,(H,20,23)(H,21,22). The van der Waals surface area contributed by atoms with Crippen molar-refractivity contribution >= 4 is 35.2 Å². The van der Waals surface area contributed by atoms with E-state index >= 15 is 0 Å². The predicted octanol–water partition coefficient (Wildman–Crippen LogP) is 2.71. The highest BCUT2D eigenvalue weighted by molar-refractivity contribution is 8.00. The Kier molecular flexibility index (Phi) is 7.23. The molecule has 0 aliphatic rings. The van der Waals surface area contributed by atoms with E-state index in [1.165, 1.54) is 11.8 Å². The average Bonchev–Trinajstić information content (AvgIpc) is 2.66. The highest BCUT2D eigenvalue weighted by Crippen LogP contribution is 2.23. The summed E-state index contributed by atoms with van der Waals surface area (Å²) < 4.78 is 5.05. The molecule has 0 aromatic heterocycles. The number of hydrogen-bond acceptors (Lipinski definition) is 5. The van der Waals surface area contributed by atoms with E-state index in [1.807, 2.05) is 30.3 Å². The van der Waals surface area contributed by atoms with Crippen LogP contribution in [0.5, 0.6) is 0 Å². The summed E-state index contributed by atoms with van der Waals surface area (Å²) in [6.45, 7) is 1.37. The van der Waals surface area contributed by atoms with Crippen molar-refractivity contribution < 1.29 is 19.1 Å². The molecule has 2 rings (SSSR count). The minimum absolute atomic E-state index is 0.207. The minimum Gasteiger partial charge on any atom is -0.455 e. The van der Waals surface area contributed by atoms with Gasteiger partial charge < -0.3 is 15.4 Å². The van der Waals surface area contributed by atoms with Crippen LogP contribution in [-0.2, 0) is 14.3 Å². The van der Waals surface area contributed by atoms with E-state index in [9.17, 15) is 14.4 Å². The Morgan fingerprint density at radius 3 is 2.31 bits per heavy atom. The number of thioether (sulfide) groups is 1. The molecule has 0 heterocycles. The van der Waals surface area contributed by atoms with Gasteiger partial charge in [-0.25, -0.2) is 0 Å². The van der Waals surface area contributed by atoms with Crippen molar-refractivity contribution in [3.05, 3.63) is 60.2 Å². The maximum atomic E-state index is 12.0. The third-order valence-corrected chi connectivity index (χ3v) is 4.48. The summed E-state index contributed by atoms with van der Waals surface area (Å²) in [5.74, 6) is -1.10. The van der Waals surface area contributed by atoms with Crippen molar-refractivity contribution in [3.63, 3.8) is 0 Å². The summed E-state index contributed by atoms with van der Waals surface area (Å²) in [4.78, 5) is 36.3. The number of amides is 2. The third kappa shape index (κ3) is 5.93. The summed E-state index contributed by atoms with van der Waals surface area (Å²) >= 11 is 1.37. The molecule has 0 fully saturated rings. The molecule has 0 spiro atoms. The largest absolute Gasteiger partial charge is 0.455 e. The molecule has 0 radical (unpaired) electrons. The van der Waals surface area contributed by atoms with Gasteiger partial charge in [-0.2, -0.15) is 0 Å². The fourth-order valence-electron chi connectivity index (χ4n) is 2.05. The van der Waals surface area contributed by atoms with Gasteiger partial charge in [-0.15, -0.1) is 11.8 Å². The lowest BCUT2D eigenvalue weighted by Crippen LogP contribution is -2.24. The van der Waals surface area contributed by atoms with Gasteiger partial charge in [0.05, 0.1) is 0 Å². The number of nitrogens with one attached hydrogen (secondary N) is 2. The first kappa shape index (κ1) is 19.5. The SMILES string of the molecule is CNC(=O)c1ccc(NC(=O)COC(=O)C(C)Sc2ccccc2)cc1. The number of esters is 1. The molecule has 1 unspecified atom stereocenters. The van der Waals surface area contributed by atoms with Crippen LogP contribution in [0.15, 0.2) is 59.5 Å². The second kappa shape index (κ2) is 9.62. The van der Waals surface area contributed by atoms with E-state index in [2.05, 4.69) is 10.6 Å². The summed E-state index contributed by atoms with van der Waals surface area (Å²) in [5, 5.41) is 4.71. The van der Waals surface area contributed by atoms with Crippen LogP contribution in [0.4, 0.5) is 5.69 Å². The minimum atomic E-state index is -0.455. The molecule has 0 bridgehead atoms. The Hall–Kier alpha value is -2.80. The highest BCUT2D eigenvalue weighted by atomic mass is 32.2. The lowest BCUT2D eigenvalue weighted by atomic mass is 10.2. The van der Waals surface area contributed by atoms with Gasteiger partial charge in [0.1, 0.15) is 5.25 Å². The van der Waals surface area contributed by atoms with Gasteiger partial charge >= 0.3 is 5.97 Å². The van der Waals surface area contributed by atoms with Crippen LogP contribution in [0.1, 0.15) is 17.3 Å². The molecule has 0 saturated carbocycles. The Morgan fingerprint density at radius 2 is 1.69 bits per heavy atom. The van der Waals surface area contributed by atoms with Gasteiger partial charge in [0.15, 0.2) is 6.61 Å². The number of carbonyl (C=O) groups excluding carboxylic acids is 3. The molecular formula is C19H20N2O4S. The molecule has 2 N–H and O–H groups in total. The summed E-state index contributed by atoms with van der Waals surface area (Å²) in [5.41, 5.74) is 1.01. The highest BCUT2D eigenvalue weighted by Gasteiger charge is 2.17. The van der Waals surface area contributed by atoms with Gasteiger partial charge in [-0.1, -0.05) is 18.2 Å². The Labute approximate surface area is 156 Å². The van der Waals surface area contributed by atoms with Gasteiger partial charge in [0.25, 0.3) is 11.8 Å². The van der Waals surface area contributed by atoms with Gasteiger partial charge in [-0.3, -0.25) is 14.4 Å². The Bertz CT molecular complexity index is 763. The van der Waals surface area contributed by atoms with Crippen molar-refractivity contribution in [3.8, 4) is 0 Å². The van der Waals surface area contributed by atoms with Crippen LogP contribution in [0.2, 0.25) is 0 Å². The molecule has 136 valence electrons. The van der Waals surface area contributed by atoms with Gasteiger partial charge in [0, 0.05) is 23.2 Å². The zero-order valence-corrected chi connectivity index (χ0v) is 15.3. The van der Waals surface area contributed by atoms with Crippen LogP contribution in [0, 0.1) is 0 Å². The molecule has 2 amide bonds. The van der Waals surface area contributed by atoms with Crippen molar-refractivity contribution in [2.24, 2.45) is 0 Å². The van der Waals surface area contributed by atoms with E-state index in [-0.39, 0.29) is 12.5 Å². The van der Waals surface area contributed by atoms with E-state index in [0.29, 0.717) is 11.3 Å². The van der Waals surface area contributed by atoms with E-state index < -0.39 is 17.1 Å². The molecule has 0 aliphatic heterocycles. The maximum absolute atomic E-state index is 12.0. The Morgan fingerprint density at radius 1 is 1.04 bits per heavy atom. The first-order valence-corrected chi connectivity index (χ1v) is 8.88. The van der Waals surface area contributed by atoms with Crippen LogP contribution >= 0.6 is 11.8 Å². The number of rotatable bonds is 7. The van der Waals surface area contributed by atoms with Crippen molar-refractivity contribution in [1.29, 1.82) is 0 Å². The zero-order valence-electron chi connectivity index (χ0n) is 14.5. The smallest absolute Gasteiger partial charge is 0.319 e. The lowest BCUT2D eigenvalue weighted by molar-refractivity contribution is -0.146. The van der Waals surface area contributed by atoms with E-state index in [4.69, 9.17) is 4.74 Å². The third-order valence-electron chi connectivity index (χ3n) is 3.39. The molecule has 6 nitrogen and oxygen atoms in total. The van der Waals surface area contributed by atoms with Gasteiger partial charge in [-0.05, 0) is 43.3 Å². The van der Waals surface area contributed by atoms with E-state index in [0.717, 1.165) is 4.90 Å². The molecule has 0 saturated heterocycles. The summed E-state index contributed by atoms with van der Waals surface area (Å²) in [7, 11) is 1.55. The monoisotopic (exact) mass is 372 g/mol. The zero-order chi connectivity index (χ0) is 18.9. The molecular weight excluding hydrogens is 352 g/mol. The average molecular weight is 372 g/mol. The fourth-order valence-corrected chi connectivity index (χ4v) is 2.94. The first-order chi connectivity index (χ1) is 12.5. The number of benzene rings is 2. The molecule has 2 aromatic carbocycles. The van der Waals surface area contributed by atoms with Crippen LogP contribution < -0.4 is 10.6 Å². The lowest BCUT2D eigenvalue weighted by Gasteiger charge is -2.11. The molecule has 0 aliphatic carbocycles. The summed E-state index contributed by atoms with van der Waals surface area (Å²) in [6.07, 6.45) is 0. The van der Waals surface area contributed by atoms with Gasteiger partial charge in [0.2, 0.25) is 0 Å². The van der Waals surface area contributed by atoms with Crippen LogP contribution in [-0.4, -0.2) is 36.7 Å². The van der Waals surface area contributed by atoms with Crippen LogP contribution in [0.3, 0.4) is 0 Å². The summed E-state index contributed by atoms with van der Waals surface area (Å²) in [6, 6.07) is 15.9. The molecule has 1 atom stereocenters. The number of ether oxygens (including phenoxy) is 1. The van der Waals surface area contributed by atoms with Crippen molar-refractivity contribution in [2.75, 3.05) is 19.0 Å². The topological polar surface area (TPSA) is 84.5 Å². The van der Waals surface area contributed by atoms with Crippen LogP contribution in [0.25, 0.3) is 0 Å². The maximum Gasteiger partial charge on any atom is 0.319 e. The molecule has 7 heteroatoms. The number of anilines is 1. The van der Waals surface area contributed by atoms with Crippen molar-refractivity contribution in [2.45, 2.75) is 17.1 Å². The quantitative estimate of drug-likeness (QED) is 0.577. The van der Waals surface area contributed by atoms with E-state index in [1.54, 1.807) is 38.2 Å². The van der Waals surface area contributed by atoms with Crippen molar-refractivity contribution in [1.82, 2.24) is 5.32 Å².